The number of aliphatic hydroxyl groups excluding tert-OH is 1. The third-order valence-corrected chi connectivity index (χ3v) is 3.95. The fourth-order valence-electron chi connectivity index (χ4n) is 2.86. The number of imidazole rings is 1. The molecular formula is C13H20N2O2. The number of aromatic nitrogens is 2. The lowest BCUT2D eigenvalue weighted by Gasteiger charge is -2.21. The zero-order valence-electron chi connectivity index (χ0n) is 10.1. The van der Waals surface area contributed by atoms with Crippen molar-refractivity contribution in [2.75, 3.05) is 19.8 Å². The first-order valence-corrected chi connectivity index (χ1v) is 6.61. The summed E-state index contributed by atoms with van der Waals surface area (Å²) in [6.45, 7) is 2.93. The first-order valence-electron chi connectivity index (χ1n) is 6.61. The van der Waals surface area contributed by atoms with Gasteiger partial charge in [-0.25, -0.2) is 4.98 Å². The van der Waals surface area contributed by atoms with Crippen LogP contribution in [0, 0.1) is 5.92 Å². The van der Waals surface area contributed by atoms with E-state index < -0.39 is 0 Å². The van der Waals surface area contributed by atoms with Crippen molar-refractivity contribution in [1.82, 2.24) is 9.55 Å². The van der Waals surface area contributed by atoms with E-state index in [2.05, 4.69) is 10.8 Å². The van der Waals surface area contributed by atoms with Crippen LogP contribution in [0.25, 0.3) is 0 Å². The minimum atomic E-state index is 0.291. The lowest BCUT2D eigenvalue weighted by atomic mass is 9.99. The van der Waals surface area contributed by atoms with Gasteiger partial charge in [0.05, 0.1) is 12.3 Å². The summed E-state index contributed by atoms with van der Waals surface area (Å²) in [5.74, 6) is 2.08. The number of aliphatic hydroxyl groups is 1. The Hall–Kier alpha value is -0.870. The molecule has 17 heavy (non-hydrogen) atoms. The van der Waals surface area contributed by atoms with E-state index in [4.69, 9.17) is 9.72 Å². The van der Waals surface area contributed by atoms with Crippen molar-refractivity contribution in [2.45, 2.75) is 38.1 Å². The fraction of sp³-hybridized carbons (Fsp3) is 0.769. The van der Waals surface area contributed by atoms with E-state index in [0.29, 0.717) is 18.4 Å². The summed E-state index contributed by atoms with van der Waals surface area (Å²) in [4.78, 5) is 4.74. The molecule has 3 heterocycles. The molecule has 0 bridgehead atoms. The van der Waals surface area contributed by atoms with Gasteiger partial charge < -0.3 is 14.4 Å². The molecule has 2 atom stereocenters. The Morgan fingerprint density at radius 2 is 2.41 bits per heavy atom. The van der Waals surface area contributed by atoms with E-state index in [0.717, 1.165) is 39.0 Å². The molecular weight excluding hydrogens is 216 g/mol. The minimum Gasteiger partial charge on any atom is -0.396 e. The van der Waals surface area contributed by atoms with Crippen LogP contribution >= 0.6 is 0 Å². The summed E-state index contributed by atoms with van der Waals surface area (Å²) < 4.78 is 7.75. The van der Waals surface area contributed by atoms with Gasteiger partial charge in [-0.1, -0.05) is 0 Å². The van der Waals surface area contributed by atoms with E-state index in [1.165, 1.54) is 17.9 Å². The molecule has 1 saturated heterocycles. The summed E-state index contributed by atoms with van der Waals surface area (Å²) >= 11 is 0. The number of hydrogen-bond acceptors (Lipinski definition) is 3. The summed E-state index contributed by atoms with van der Waals surface area (Å²) in [5.41, 5.74) is 1.19. The van der Waals surface area contributed by atoms with Crippen molar-refractivity contribution in [3.05, 3.63) is 17.7 Å². The van der Waals surface area contributed by atoms with Crippen molar-refractivity contribution < 1.29 is 9.84 Å². The maximum atomic E-state index is 9.22. The molecule has 2 aliphatic heterocycles. The Labute approximate surface area is 102 Å². The molecule has 94 valence electrons. The quantitative estimate of drug-likeness (QED) is 0.842. The van der Waals surface area contributed by atoms with Gasteiger partial charge in [-0.05, 0) is 19.3 Å². The predicted molar refractivity (Wildman–Crippen MR) is 63.9 cm³/mol. The average Bonchev–Trinajstić information content (AvgIpc) is 2.82. The first kappa shape index (κ1) is 11.2. The van der Waals surface area contributed by atoms with Gasteiger partial charge in [-0.2, -0.15) is 0 Å². The molecule has 1 N–H and O–H groups in total. The fourth-order valence-corrected chi connectivity index (χ4v) is 2.86. The molecule has 1 aromatic rings. The highest BCUT2D eigenvalue weighted by molar-refractivity contribution is 5.12. The molecule has 4 heteroatoms. The average molecular weight is 236 g/mol. The molecule has 0 amide bonds. The van der Waals surface area contributed by atoms with E-state index in [1.54, 1.807) is 0 Å². The van der Waals surface area contributed by atoms with Crippen LogP contribution in [0.5, 0.6) is 0 Å². The number of aryl methyl sites for hydroxylation is 1. The molecule has 1 fully saturated rings. The van der Waals surface area contributed by atoms with Gasteiger partial charge in [0.2, 0.25) is 0 Å². The van der Waals surface area contributed by atoms with Crippen molar-refractivity contribution >= 4 is 0 Å². The van der Waals surface area contributed by atoms with E-state index in [9.17, 15) is 5.11 Å². The molecule has 0 saturated carbocycles. The SMILES string of the molecule is OCC1CCc2nc(C3CCCOC3)cn2C1. The molecule has 3 rings (SSSR count). The van der Waals surface area contributed by atoms with Crippen LogP contribution in [-0.4, -0.2) is 34.5 Å². The third-order valence-electron chi connectivity index (χ3n) is 3.95. The highest BCUT2D eigenvalue weighted by atomic mass is 16.5. The summed E-state index contributed by atoms with van der Waals surface area (Å²) in [5, 5.41) is 9.22. The number of rotatable bonds is 2. The largest absolute Gasteiger partial charge is 0.396 e. The zero-order chi connectivity index (χ0) is 11.7. The van der Waals surface area contributed by atoms with E-state index in [-0.39, 0.29) is 0 Å². The lowest BCUT2D eigenvalue weighted by molar-refractivity contribution is 0.0794. The number of fused-ring (bicyclic) bond motifs is 1. The van der Waals surface area contributed by atoms with Crippen LogP contribution < -0.4 is 0 Å². The lowest BCUT2D eigenvalue weighted by Crippen LogP contribution is -2.22. The van der Waals surface area contributed by atoms with Gasteiger partial charge >= 0.3 is 0 Å². The molecule has 4 nitrogen and oxygen atoms in total. The van der Waals surface area contributed by atoms with Crippen LogP contribution in [0.3, 0.4) is 0 Å². The van der Waals surface area contributed by atoms with Gasteiger partial charge in [0.1, 0.15) is 5.82 Å². The summed E-state index contributed by atoms with van der Waals surface area (Å²) in [7, 11) is 0. The van der Waals surface area contributed by atoms with Crippen LogP contribution in [0.15, 0.2) is 6.20 Å². The van der Waals surface area contributed by atoms with Crippen molar-refractivity contribution in [3.8, 4) is 0 Å². The second-order valence-electron chi connectivity index (χ2n) is 5.24. The molecule has 0 radical (unpaired) electrons. The van der Waals surface area contributed by atoms with Crippen LogP contribution in [-0.2, 0) is 17.7 Å². The molecule has 1 aromatic heterocycles. The van der Waals surface area contributed by atoms with Gasteiger partial charge in [0, 0.05) is 44.2 Å². The Balaban J connectivity index is 1.77. The topological polar surface area (TPSA) is 47.3 Å². The monoisotopic (exact) mass is 236 g/mol. The highest BCUT2D eigenvalue weighted by Crippen LogP contribution is 2.27. The molecule has 2 aliphatic rings. The summed E-state index contributed by atoms with van der Waals surface area (Å²) in [6.07, 6.45) is 6.58. The Kier molecular flexibility index (Phi) is 3.16. The first-order chi connectivity index (χ1) is 8.36. The maximum Gasteiger partial charge on any atom is 0.109 e. The number of nitrogens with zero attached hydrogens (tertiary/aromatic N) is 2. The van der Waals surface area contributed by atoms with E-state index in [1.807, 2.05) is 0 Å². The van der Waals surface area contributed by atoms with Crippen LogP contribution in [0.2, 0.25) is 0 Å². The minimum absolute atomic E-state index is 0.291. The normalized spacial score (nSPS) is 29.0. The van der Waals surface area contributed by atoms with Gasteiger partial charge in [0.25, 0.3) is 0 Å². The second kappa shape index (κ2) is 4.78. The molecule has 0 aliphatic carbocycles. The highest BCUT2D eigenvalue weighted by Gasteiger charge is 2.24. The van der Waals surface area contributed by atoms with E-state index >= 15 is 0 Å². The maximum absolute atomic E-state index is 9.22. The van der Waals surface area contributed by atoms with Crippen molar-refractivity contribution in [1.29, 1.82) is 0 Å². The molecule has 0 aromatic carbocycles. The Bertz CT molecular complexity index is 383. The molecule has 2 unspecified atom stereocenters. The molecule has 0 spiro atoms. The second-order valence-corrected chi connectivity index (χ2v) is 5.24. The number of hydrogen-bond donors (Lipinski definition) is 1. The van der Waals surface area contributed by atoms with Crippen molar-refractivity contribution in [2.24, 2.45) is 5.92 Å². The Morgan fingerprint density at radius 1 is 1.47 bits per heavy atom. The van der Waals surface area contributed by atoms with Crippen molar-refractivity contribution in [3.63, 3.8) is 0 Å². The van der Waals surface area contributed by atoms with Crippen LogP contribution in [0.4, 0.5) is 0 Å². The predicted octanol–water partition coefficient (Wildman–Crippen LogP) is 1.33. The van der Waals surface area contributed by atoms with Gasteiger partial charge in [-0.15, -0.1) is 0 Å². The van der Waals surface area contributed by atoms with Gasteiger partial charge in [-0.3, -0.25) is 0 Å². The van der Waals surface area contributed by atoms with Gasteiger partial charge in [0.15, 0.2) is 0 Å². The summed E-state index contributed by atoms with van der Waals surface area (Å²) in [6, 6.07) is 0. The Morgan fingerprint density at radius 3 is 3.18 bits per heavy atom. The standard InChI is InChI=1S/C13H20N2O2/c16-8-10-3-4-13-14-12(7-15(13)6-10)11-2-1-5-17-9-11/h7,10-11,16H,1-6,8-9H2. The van der Waals surface area contributed by atoms with Crippen LogP contribution in [0.1, 0.15) is 36.7 Å². The third kappa shape index (κ3) is 2.24. The smallest absolute Gasteiger partial charge is 0.109 e. The zero-order valence-corrected chi connectivity index (χ0v) is 10.1. The number of ether oxygens (including phenoxy) is 1.